The van der Waals surface area contributed by atoms with Crippen LogP contribution in [0.25, 0.3) is 11.1 Å². The SMILES string of the molecule is COC(=O)c1cccc(N2CCCC2)c1-c1ccc(OC)cc1. The van der Waals surface area contributed by atoms with Crippen molar-refractivity contribution in [3.63, 3.8) is 0 Å². The second-order valence-corrected chi connectivity index (χ2v) is 5.61. The lowest BCUT2D eigenvalue weighted by Crippen LogP contribution is -2.19. The molecule has 4 heteroatoms. The Bertz CT molecular complexity index is 688. The summed E-state index contributed by atoms with van der Waals surface area (Å²) in [6, 6.07) is 13.6. The van der Waals surface area contributed by atoms with Crippen LogP contribution in [0.5, 0.6) is 5.75 Å². The lowest BCUT2D eigenvalue weighted by atomic mass is 9.96. The highest BCUT2D eigenvalue weighted by Crippen LogP contribution is 2.36. The average molecular weight is 311 g/mol. The Labute approximate surface area is 136 Å². The van der Waals surface area contributed by atoms with Gasteiger partial charge in [0.25, 0.3) is 0 Å². The number of benzene rings is 2. The summed E-state index contributed by atoms with van der Waals surface area (Å²) in [7, 11) is 3.07. The third kappa shape index (κ3) is 3.02. The van der Waals surface area contributed by atoms with E-state index >= 15 is 0 Å². The van der Waals surface area contributed by atoms with Gasteiger partial charge in [-0.15, -0.1) is 0 Å². The summed E-state index contributed by atoms with van der Waals surface area (Å²) in [5, 5.41) is 0. The summed E-state index contributed by atoms with van der Waals surface area (Å²) in [6.45, 7) is 2.04. The highest BCUT2D eigenvalue weighted by molar-refractivity contribution is 6.01. The first-order chi connectivity index (χ1) is 11.2. The lowest BCUT2D eigenvalue weighted by Gasteiger charge is -2.23. The number of hydrogen-bond acceptors (Lipinski definition) is 4. The van der Waals surface area contributed by atoms with E-state index in [4.69, 9.17) is 9.47 Å². The van der Waals surface area contributed by atoms with Gasteiger partial charge in [-0.1, -0.05) is 18.2 Å². The quantitative estimate of drug-likeness (QED) is 0.806. The molecule has 23 heavy (non-hydrogen) atoms. The molecule has 0 N–H and O–H groups in total. The standard InChI is InChI=1S/C19H21NO3/c1-22-15-10-8-14(9-11-15)18-16(19(21)23-2)6-5-7-17(18)20-12-3-4-13-20/h5-11H,3-4,12-13H2,1-2H3. The number of anilines is 1. The first-order valence-corrected chi connectivity index (χ1v) is 7.85. The second-order valence-electron chi connectivity index (χ2n) is 5.61. The van der Waals surface area contributed by atoms with Crippen LogP contribution in [-0.2, 0) is 4.74 Å². The van der Waals surface area contributed by atoms with Crippen molar-refractivity contribution in [2.24, 2.45) is 0 Å². The first kappa shape index (κ1) is 15.4. The van der Waals surface area contributed by atoms with Gasteiger partial charge in [-0.3, -0.25) is 0 Å². The molecule has 1 heterocycles. The molecule has 1 aliphatic rings. The maximum absolute atomic E-state index is 12.2. The molecular formula is C19H21NO3. The van der Waals surface area contributed by atoms with Crippen LogP contribution in [0.2, 0.25) is 0 Å². The lowest BCUT2D eigenvalue weighted by molar-refractivity contribution is 0.0601. The van der Waals surface area contributed by atoms with Crippen LogP contribution in [0.4, 0.5) is 5.69 Å². The van der Waals surface area contributed by atoms with Crippen molar-refractivity contribution in [3.8, 4) is 16.9 Å². The molecule has 0 aromatic heterocycles. The molecule has 0 saturated carbocycles. The van der Waals surface area contributed by atoms with Crippen LogP contribution in [0.1, 0.15) is 23.2 Å². The van der Waals surface area contributed by atoms with Gasteiger partial charge in [-0.05, 0) is 42.7 Å². The van der Waals surface area contributed by atoms with Gasteiger partial charge < -0.3 is 14.4 Å². The van der Waals surface area contributed by atoms with Crippen molar-refractivity contribution >= 4 is 11.7 Å². The van der Waals surface area contributed by atoms with E-state index in [1.807, 2.05) is 36.4 Å². The van der Waals surface area contributed by atoms with Crippen LogP contribution in [0.15, 0.2) is 42.5 Å². The Kier molecular flexibility index (Phi) is 4.51. The maximum atomic E-state index is 12.2. The number of ether oxygens (including phenoxy) is 2. The minimum atomic E-state index is -0.308. The van der Waals surface area contributed by atoms with Crippen LogP contribution < -0.4 is 9.64 Å². The summed E-state index contributed by atoms with van der Waals surface area (Å²) in [5.74, 6) is 0.490. The Morgan fingerprint density at radius 3 is 2.30 bits per heavy atom. The van der Waals surface area contributed by atoms with Crippen molar-refractivity contribution < 1.29 is 14.3 Å². The zero-order valence-electron chi connectivity index (χ0n) is 13.5. The van der Waals surface area contributed by atoms with E-state index in [0.717, 1.165) is 35.7 Å². The smallest absolute Gasteiger partial charge is 0.338 e. The number of nitrogens with zero attached hydrogens (tertiary/aromatic N) is 1. The Morgan fingerprint density at radius 1 is 1.00 bits per heavy atom. The second kappa shape index (κ2) is 6.73. The topological polar surface area (TPSA) is 38.8 Å². The van der Waals surface area contributed by atoms with E-state index < -0.39 is 0 Å². The van der Waals surface area contributed by atoms with E-state index in [1.165, 1.54) is 20.0 Å². The summed E-state index contributed by atoms with van der Waals surface area (Å²) < 4.78 is 10.2. The predicted molar refractivity (Wildman–Crippen MR) is 91.2 cm³/mol. The van der Waals surface area contributed by atoms with Gasteiger partial charge in [-0.25, -0.2) is 4.79 Å². The number of rotatable bonds is 4. The van der Waals surface area contributed by atoms with E-state index in [-0.39, 0.29) is 5.97 Å². The van der Waals surface area contributed by atoms with Gasteiger partial charge in [0.15, 0.2) is 0 Å². The molecule has 0 unspecified atom stereocenters. The molecule has 2 aromatic carbocycles. The Hall–Kier alpha value is -2.49. The fourth-order valence-corrected chi connectivity index (χ4v) is 3.10. The molecule has 120 valence electrons. The maximum Gasteiger partial charge on any atom is 0.338 e. The summed E-state index contributed by atoms with van der Waals surface area (Å²) in [4.78, 5) is 14.6. The Balaban J connectivity index is 2.14. The van der Waals surface area contributed by atoms with Crippen molar-refractivity contribution in [1.82, 2.24) is 0 Å². The Morgan fingerprint density at radius 2 is 1.70 bits per heavy atom. The van der Waals surface area contributed by atoms with Gasteiger partial charge in [0.05, 0.1) is 19.8 Å². The molecule has 0 spiro atoms. The molecule has 0 aliphatic carbocycles. The number of esters is 1. The molecule has 4 nitrogen and oxygen atoms in total. The molecule has 0 amide bonds. The van der Waals surface area contributed by atoms with E-state index in [0.29, 0.717) is 5.56 Å². The highest BCUT2D eigenvalue weighted by atomic mass is 16.5. The molecule has 2 aromatic rings. The molecular weight excluding hydrogens is 290 g/mol. The third-order valence-corrected chi connectivity index (χ3v) is 4.27. The van der Waals surface area contributed by atoms with Gasteiger partial charge in [0.1, 0.15) is 5.75 Å². The summed E-state index contributed by atoms with van der Waals surface area (Å²) >= 11 is 0. The van der Waals surface area contributed by atoms with Gasteiger partial charge in [0, 0.05) is 24.3 Å². The molecule has 0 bridgehead atoms. The summed E-state index contributed by atoms with van der Waals surface area (Å²) in [5.41, 5.74) is 3.62. The van der Waals surface area contributed by atoms with Crippen LogP contribution in [0, 0.1) is 0 Å². The van der Waals surface area contributed by atoms with Gasteiger partial charge in [-0.2, -0.15) is 0 Å². The third-order valence-electron chi connectivity index (χ3n) is 4.27. The van der Waals surface area contributed by atoms with Crippen LogP contribution in [0.3, 0.4) is 0 Å². The number of carbonyl (C=O) groups excluding carboxylic acids is 1. The van der Waals surface area contributed by atoms with E-state index in [2.05, 4.69) is 11.0 Å². The average Bonchev–Trinajstić information content (AvgIpc) is 3.15. The molecule has 1 aliphatic heterocycles. The number of carbonyl (C=O) groups is 1. The molecule has 1 fully saturated rings. The first-order valence-electron chi connectivity index (χ1n) is 7.85. The zero-order valence-corrected chi connectivity index (χ0v) is 13.5. The van der Waals surface area contributed by atoms with Crippen molar-refractivity contribution in [1.29, 1.82) is 0 Å². The van der Waals surface area contributed by atoms with E-state index in [9.17, 15) is 4.79 Å². The van der Waals surface area contributed by atoms with Crippen molar-refractivity contribution in [3.05, 3.63) is 48.0 Å². The minimum absolute atomic E-state index is 0.308. The largest absolute Gasteiger partial charge is 0.497 e. The molecule has 1 saturated heterocycles. The van der Waals surface area contributed by atoms with Crippen LogP contribution in [-0.4, -0.2) is 33.3 Å². The molecule has 0 radical (unpaired) electrons. The summed E-state index contributed by atoms with van der Waals surface area (Å²) in [6.07, 6.45) is 2.37. The van der Waals surface area contributed by atoms with Crippen molar-refractivity contribution in [2.45, 2.75) is 12.8 Å². The zero-order chi connectivity index (χ0) is 16.2. The monoisotopic (exact) mass is 311 g/mol. The number of hydrogen-bond donors (Lipinski definition) is 0. The number of methoxy groups -OCH3 is 2. The van der Waals surface area contributed by atoms with Gasteiger partial charge in [0.2, 0.25) is 0 Å². The highest BCUT2D eigenvalue weighted by Gasteiger charge is 2.22. The normalized spacial score (nSPS) is 13.9. The fourth-order valence-electron chi connectivity index (χ4n) is 3.10. The van der Waals surface area contributed by atoms with Crippen LogP contribution >= 0.6 is 0 Å². The predicted octanol–water partition coefficient (Wildman–Crippen LogP) is 3.75. The van der Waals surface area contributed by atoms with Gasteiger partial charge >= 0.3 is 5.97 Å². The fraction of sp³-hybridized carbons (Fsp3) is 0.316. The molecule has 0 atom stereocenters. The minimum Gasteiger partial charge on any atom is -0.497 e. The van der Waals surface area contributed by atoms with Crippen molar-refractivity contribution in [2.75, 3.05) is 32.2 Å². The van der Waals surface area contributed by atoms with E-state index in [1.54, 1.807) is 7.11 Å². The molecule has 3 rings (SSSR count).